The molecule has 1 aromatic heterocycles. The quantitative estimate of drug-likeness (QED) is 0.186. The molecule has 55 heavy (non-hydrogen) atoms. The largest absolute Gasteiger partial charge is 0.391 e. The molecule has 2 aliphatic rings. The first kappa shape index (κ1) is 43.2. The van der Waals surface area contributed by atoms with Crippen molar-refractivity contribution in [3.63, 3.8) is 0 Å². The van der Waals surface area contributed by atoms with Gasteiger partial charge in [-0.25, -0.2) is 0 Å². The Bertz CT molecular complexity index is 1660. The molecule has 2 fully saturated rings. The molecule has 0 unspecified atom stereocenters. The fourth-order valence-corrected chi connectivity index (χ4v) is 7.42. The molecule has 1 aromatic carbocycles. The number of rotatable bonds is 9. The lowest BCUT2D eigenvalue weighted by molar-refractivity contribution is -0.144. The third-order valence-electron chi connectivity index (χ3n) is 10.1. The molecule has 3 heterocycles. The molecule has 0 saturated carbocycles. The van der Waals surface area contributed by atoms with Crippen molar-refractivity contribution >= 4 is 46.3 Å². The van der Waals surface area contributed by atoms with Crippen LogP contribution in [0.2, 0.25) is 0 Å². The summed E-state index contributed by atoms with van der Waals surface area (Å²) in [5, 5.41) is 29.2. The summed E-state index contributed by atoms with van der Waals surface area (Å²) in [6.45, 7) is 13.1. The molecule has 6 amide bonds. The molecule has 0 radical (unpaired) electrons. The maximum absolute atomic E-state index is 14.1. The lowest BCUT2D eigenvalue weighted by Crippen LogP contribution is -2.61. The Balaban J connectivity index is 1.70. The van der Waals surface area contributed by atoms with Crippen molar-refractivity contribution in [2.45, 2.75) is 129 Å². The van der Waals surface area contributed by atoms with E-state index in [2.05, 4.69) is 36.9 Å². The van der Waals surface area contributed by atoms with Gasteiger partial charge in [-0.2, -0.15) is 0 Å². The van der Waals surface area contributed by atoms with E-state index in [1.165, 1.54) is 11.8 Å². The van der Waals surface area contributed by atoms with Crippen molar-refractivity contribution < 1.29 is 33.9 Å². The lowest BCUT2D eigenvalue weighted by atomic mass is 9.98. The first-order valence-electron chi connectivity index (χ1n) is 19.8. The predicted molar refractivity (Wildman–Crippen MR) is 209 cm³/mol. The van der Waals surface area contributed by atoms with E-state index in [0.29, 0.717) is 25.7 Å². The van der Waals surface area contributed by atoms with E-state index in [-0.39, 0.29) is 50.2 Å². The molecule has 15 heteroatoms. The number of H-pyrrole nitrogens is 1. The number of nitrogens with zero attached hydrogens (tertiary/aromatic N) is 1. The number of aliphatic hydroxyl groups is 1. The zero-order valence-electron chi connectivity index (χ0n) is 33.4. The Morgan fingerprint density at radius 2 is 1.29 bits per heavy atom. The highest BCUT2D eigenvalue weighted by molar-refractivity contribution is 5.97. The van der Waals surface area contributed by atoms with Gasteiger partial charge in [0.25, 0.3) is 0 Å². The summed E-state index contributed by atoms with van der Waals surface area (Å²) >= 11 is 0. The number of aliphatic hydroxyl groups excluding tert-OH is 1. The molecule has 15 nitrogen and oxygen atoms in total. The van der Waals surface area contributed by atoms with Crippen LogP contribution in [0.15, 0.2) is 30.5 Å². The molecule has 304 valence electrons. The zero-order valence-corrected chi connectivity index (χ0v) is 33.4. The van der Waals surface area contributed by atoms with E-state index in [9.17, 15) is 33.9 Å². The first-order chi connectivity index (χ1) is 26.0. The number of amides is 6. The first-order valence-corrected chi connectivity index (χ1v) is 19.8. The highest BCUT2D eigenvalue weighted by Crippen LogP contribution is 2.22. The van der Waals surface area contributed by atoms with Crippen LogP contribution in [0.5, 0.6) is 0 Å². The predicted octanol–water partition coefficient (Wildman–Crippen LogP) is 1.25. The second kappa shape index (κ2) is 19.9. The summed E-state index contributed by atoms with van der Waals surface area (Å²) < 4.78 is 0. The van der Waals surface area contributed by atoms with Crippen LogP contribution in [-0.2, 0) is 35.2 Å². The number of nitrogens with one attached hydrogen (secondary N) is 7. The van der Waals surface area contributed by atoms with Gasteiger partial charge in [-0.15, -0.1) is 0 Å². The fraction of sp³-hybridized carbons (Fsp3) is 0.650. The van der Waals surface area contributed by atoms with E-state index in [1.807, 2.05) is 72.0 Å². The molecule has 4 rings (SSSR count). The Morgan fingerprint density at radius 3 is 1.87 bits per heavy atom. The van der Waals surface area contributed by atoms with E-state index >= 15 is 0 Å². The van der Waals surface area contributed by atoms with Crippen LogP contribution in [0.3, 0.4) is 0 Å². The van der Waals surface area contributed by atoms with E-state index in [4.69, 9.17) is 0 Å². The maximum atomic E-state index is 14.1. The highest BCUT2D eigenvalue weighted by Gasteiger charge is 2.41. The van der Waals surface area contributed by atoms with Gasteiger partial charge < -0.3 is 46.9 Å². The van der Waals surface area contributed by atoms with Crippen LogP contribution in [0.4, 0.5) is 0 Å². The number of aromatic nitrogens is 1. The van der Waals surface area contributed by atoms with E-state index < -0.39 is 77.8 Å². The number of fused-ring (bicyclic) bond motifs is 2. The molecule has 2 aliphatic heterocycles. The Kier molecular flexibility index (Phi) is 15.6. The molecule has 2 saturated heterocycles. The number of hydrogen-bond donors (Lipinski definition) is 8. The molecule has 0 spiro atoms. The minimum absolute atomic E-state index is 0.00980. The Hall–Kier alpha value is -4.50. The van der Waals surface area contributed by atoms with Crippen molar-refractivity contribution in [3.05, 3.63) is 36.0 Å². The minimum Gasteiger partial charge on any atom is -0.391 e. The van der Waals surface area contributed by atoms with Gasteiger partial charge >= 0.3 is 0 Å². The number of carbonyl (C=O) groups excluding carboxylic acids is 6. The smallest absolute Gasteiger partial charge is 0.248 e. The SMILES string of the molecule is CC(C)C[C@@H]1NC(=O)CNC[C@H](Cc2c[nH]c3ccccc23)NC(=O)[C@@H]2CCCN2C(=O)[C@H]([C@@H](C)O)NC(=O)[C@H](CC(C)C)NC(=O)[C@H](CC(C)C)NC1=O. The van der Waals surface area contributed by atoms with Crippen LogP contribution < -0.4 is 31.9 Å². The average Bonchev–Trinajstić information content (AvgIpc) is 3.76. The zero-order chi connectivity index (χ0) is 40.4. The van der Waals surface area contributed by atoms with Crippen LogP contribution in [0.1, 0.15) is 86.1 Å². The lowest BCUT2D eigenvalue weighted by Gasteiger charge is -2.32. The van der Waals surface area contributed by atoms with Gasteiger partial charge in [0.15, 0.2) is 0 Å². The Morgan fingerprint density at radius 1 is 0.727 bits per heavy atom. The second-order valence-electron chi connectivity index (χ2n) is 16.4. The number of carbonyl (C=O) groups is 6. The third-order valence-corrected chi connectivity index (χ3v) is 10.1. The van der Waals surface area contributed by atoms with Crippen molar-refractivity contribution in [2.24, 2.45) is 17.8 Å². The van der Waals surface area contributed by atoms with Crippen LogP contribution in [-0.4, -0.2) is 112 Å². The van der Waals surface area contributed by atoms with Gasteiger partial charge in [0.2, 0.25) is 35.4 Å². The highest BCUT2D eigenvalue weighted by atomic mass is 16.3. The summed E-state index contributed by atoms with van der Waals surface area (Å²) in [5.41, 5.74) is 1.90. The topological polar surface area (TPSA) is 214 Å². The van der Waals surface area contributed by atoms with Crippen LogP contribution in [0.25, 0.3) is 10.9 Å². The van der Waals surface area contributed by atoms with Gasteiger partial charge in [0.1, 0.15) is 30.2 Å². The summed E-state index contributed by atoms with van der Waals surface area (Å²) in [7, 11) is 0. The number of benzene rings is 1. The summed E-state index contributed by atoms with van der Waals surface area (Å²) in [6, 6.07) is 2.02. The number of aromatic amines is 1. The van der Waals surface area contributed by atoms with Gasteiger partial charge in [-0.3, -0.25) is 28.8 Å². The van der Waals surface area contributed by atoms with Crippen molar-refractivity contribution in [2.75, 3.05) is 19.6 Å². The van der Waals surface area contributed by atoms with Gasteiger partial charge in [-0.1, -0.05) is 59.7 Å². The van der Waals surface area contributed by atoms with Crippen LogP contribution >= 0.6 is 0 Å². The molecular formula is C40H62N8O7. The summed E-state index contributed by atoms with van der Waals surface area (Å²) in [4.78, 5) is 87.6. The molecular weight excluding hydrogens is 704 g/mol. The molecule has 8 N–H and O–H groups in total. The molecule has 0 bridgehead atoms. The van der Waals surface area contributed by atoms with E-state index in [0.717, 1.165) is 16.5 Å². The second-order valence-corrected chi connectivity index (χ2v) is 16.4. The van der Waals surface area contributed by atoms with Crippen molar-refractivity contribution in [3.8, 4) is 0 Å². The van der Waals surface area contributed by atoms with Gasteiger partial charge in [-0.05, 0) is 74.8 Å². The fourth-order valence-electron chi connectivity index (χ4n) is 7.42. The molecule has 2 aromatic rings. The number of hydrogen-bond acceptors (Lipinski definition) is 8. The van der Waals surface area contributed by atoms with E-state index in [1.54, 1.807) is 0 Å². The maximum Gasteiger partial charge on any atom is 0.248 e. The monoisotopic (exact) mass is 766 g/mol. The molecule has 0 aliphatic carbocycles. The van der Waals surface area contributed by atoms with Crippen molar-refractivity contribution in [1.29, 1.82) is 0 Å². The minimum atomic E-state index is -1.38. The standard InChI is InChI=1S/C40H62N8O7/c1-22(2)15-30-36(51)45-31(16-23(3)4)37(52)46-32(17-24(5)6)38(53)47-35(25(7)49)40(55)48-14-10-13-33(48)39(54)43-27(20-41-21-34(50)44-30)18-26-19-42-29-12-9-8-11-28(26)29/h8-9,11-12,19,22-25,27,30-33,35,41-42,49H,10,13-18,20-21H2,1-7H3,(H,43,54)(H,44,50)(H,45,51)(H,46,52)(H,47,53)/t25-,27+,30+,31+,32+,33+,35+/m1/s1. The Labute approximate surface area is 324 Å². The average molecular weight is 767 g/mol. The normalized spacial score (nSPS) is 26.3. The van der Waals surface area contributed by atoms with Gasteiger partial charge in [0, 0.05) is 36.2 Å². The van der Waals surface area contributed by atoms with Crippen LogP contribution in [0, 0.1) is 17.8 Å². The van der Waals surface area contributed by atoms with Crippen molar-refractivity contribution in [1.82, 2.24) is 41.8 Å². The number of para-hydroxylation sites is 1. The summed E-state index contributed by atoms with van der Waals surface area (Å²) in [6.07, 6.45) is 2.71. The molecule has 7 atom stereocenters. The van der Waals surface area contributed by atoms with Gasteiger partial charge in [0.05, 0.1) is 12.6 Å². The summed E-state index contributed by atoms with van der Waals surface area (Å²) in [5.74, 6) is -3.23. The third kappa shape index (κ3) is 12.2.